The molecule has 30 heavy (non-hydrogen) atoms. The summed E-state index contributed by atoms with van der Waals surface area (Å²) in [6, 6.07) is 14.0. The molecule has 1 amide bonds. The first kappa shape index (κ1) is 19.0. The highest BCUT2D eigenvalue weighted by molar-refractivity contribution is 7.99. The van der Waals surface area contributed by atoms with Gasteiger partial charge in [0.25, 0.3) is 0 Å². The van der Waals surface area contributed by atoms with Crippen LogP contribution < -0.4 is 14.8 Å². The first-order valence-corrected chi connectivity index (χ1v) is 11.2. The van der Waals surface area contributed by atoms with Crippen molar-refractivity contribution < 1.29 is 14.3 Å². The van der Waals surface area contributed by atoms with Crippen molar-refractivity contribution in [2.45, 2.75) is 18.6 Å². The SMILES string of the molecule is Cc1ccc(-c2csc3nnc(SCC(=O)NCc4ccc5c(c4)OCO5)n23)cc1. The summed E-state index contributed by atoms with van der Waals surface area (Å²) in [5.41, 5.74) is 4.30. The zero-order valence-corrected chi connectivity index (χ0v) is 17.8. The third-order valence-electron chi connectivity index (χ3n) is 4.73. The predicted octanol–water partition coefficient (Wildman–Crippen LogP) is 3.90. The molecule has 0 unspecified atom stereocenters. The van der Waals surface area contributed by atoms with Crippen molar-refractivity contribution >= 4 is 34.0 Å². The van der Waals surface area contributed by atoms with E-state index in [1.807, 2.05) is 22.6 Å². The van der Waals surface area contributed by atoms with E-state index in [1.165, 1.54) is 28.7 Å². The summed E-state index contributed by atoms with van der Waals surface area (Å²) >= 11 is 2.91. The number of hydrogen-bond donors (Lipinski definition) is 1. The lowest BCUT2D eigenvalue weighted by molar-refractivity contribution is -0.118. The van der Waals surface area contributed by atoms with Crippen LogP contribution in [0.15, 0.2) is 53.0 Å². The van der Waals surface area contributed by atoms with Crippen molar-refractivity contribution in [2.75, 3.05) is 12.5 Å². The summed E-state index contributed by atoms with van der Waals surface area (Å²) in [5.74, 6) is 1.63. The molecule has 0 bridgehead atoms. The van der Waals surface area contributed by atoms with Gasteiger partial charge in [-0.3, -0.25) is 9.20 Å². The number of ether oxygens (including phenoxy) is 2. The van der Waals surface area contributed by atoms with Gasteiger partial charge in [0.15, 0.2) is 16.7 Å². The molecule has 0 aliphatic carbocycles. The van der Waals surface area contributed by atoms with Crippen molar-refractivity contribution in [3.8, 4) is 22.8 Å². The van der Waals surface area contributed by atoms with Gasteiger partial charge in [-0.25, -0.2) is 0 Å². The van der Waals surface area contributed by atoms with Gasteiger partial charge in [0, 0.05) is 11.9 Å². The lowest BCUT2D eigenvalue weighted by Crippen LogP contribution is -2.24. The van der Waals surface area contributed by atoms with Crippen LogP contribution in [0.3, 0.4) is 0 Å². The Balaban J connectivity index is 1.24. The van der Waals surface area contributed by atoms with E-state index in [2.05, 4.69) is 52.1 Å². The second-order valence-corrected chi connectivity index (χ2v) is 8.62. The van der Waals surface area contributed by atoms with Gasteiger partial charge < -0.3 is 14.8 Å². The minimum absolute atomic E-state index is 0.0680. The van der Waals surface area contributed by atoms with Crippen LogP contribution in [0, 0.1) is 6.92 Å². The van der Waals surface area contributed by atoms with Crippen LogP contribution in [0.2, 0.25) is 0 Å². The lowest BCUT2D eigenvalue weighted by atomic mass is 10.1. The second kappa shape index (κ2) is 8.00. The van der Waals surface area contributed by atoms with E-state index in [9.17, 15) is 4.79 Å². The second-order valence-electron chi connectivity index (χ2n) is 6.84. The molecular formula is C21H18N4O3S2. The molecule has 4 aromatic rings. The van der Waals surface area contributed by atoms with E-state index in [-0.39, 0.29) is 18.5 Å². The zero-order chi connectivity index (χ0) is 20.5. The molecule has 2 aromatic heterocycles. The van der Waals surface area contributed by atoms with Crippen molar-refractivity contribution in [2.24, 2.45) is 0 Å². The number of fused-ring (bicyclic) bond motifs is 2. The monoisotopic (exact) mass is 438 g/mol. The van der Waals surface area contributed by atoms with Crippen LogP contribution in [-0.2, 0) is 11.3 Å². The molecule has 7 nitrogen and oxygen atoms in total. The largest absolute Gasteiger partial charge is 0.454 e. The Hall–Kier alpha value is -3.04. The molecule has 5 rings (SSSR count). The molecule has 0 radical (unpaired) electrons. The van der Waals surface area contributed by atoms with Crippen LogP contribution in [0.4, 0.5) is 0 Å². The number of aromatic nitrogens is 3. The van der Waals surface area contributed by atoms with Crippen LogP contribution in [0.25, 0.3) is 16.2 Å². The van der Waals surface area contributed by atoms with E-state index in [0.717, 1.165) is 27.5 Å². The highest BCUT2D eigenvalue weighted by Crippen LogP contribution is 2.32. The first-order valence-electron chi connectivity index (χ1n) is 9.35. The number of nitrogens with zero attached hydrogens (tertiary/aromatic N) is 3. The highest BCUT2D eigenvalue weighted by atomic mass is 32.2. The third kappa shape index (κ3) is 3.73. The van der Waals surface area contributed by atoms with Gasteiger partial charge in [-0.2, -0.15) is 0 Å². The minimum Gasteiger partial charge on any atom is -0.454 e. The number of thiazole rings is 1. The average molecular weight is 439 g/mol. The molecule has 0 fully saturated rings. The number of hydrogen-bond acceptors (Lipinski definition) is 7. The Morgan fingerprint density at radius 3 is 2.87 bits per heavy atom. The first-order chi connectivity index (χ1) is 14.7. The molecule has 0 spiro atoms. The Bertz CT molecular complexity index is 1220. The summed E-state index contributed by atoms with van der Waals surface area (Å²) in [4.78, 5) is 13.2. The number of carbonyl (C=O) groups excluding carboxylic acids is 1. The Morgan fingerprint density at radius 2 is 2.00 bits per heavy atom. The van der Waals surface area contributed by atoms with E-state index in [0.29, 0.717) is 17.5 Å². The molecule has 0 saturated carbocycles. The van der Waals surface area contributed by atoms with E-state index >= 15 is 0 Å². The molecular weight excluding hydrogens is 420 g/mol. The Morgan fingerprint density at radius 1 is 1.17 bits per heavy atom. The fraction of sp³-hybridized carbons (Fsp3) is 0.190. The van der Waals surface area contributed by atoms with E-state index < -0.39 is 0 Å². The smallest absolute Gasteiger partial charge is 0.231 e. The molecule has 1 aliphatic heterocycles. The van der Waals surface area contributed by atoms with Crippen molar-refractivity contribution in [3.05, 3.63) is 59.0 Å². The summed E-state index contributed by atoms with van der Waals surface area (Å²) in [6.45, 7) is 2.73. The fourth-order valence-electron chi connectivity index (χ4n) is 3.15. The van der Waals surface area contributed by atoms with Gasteiger partial charge in [-0.1, -0.05) is 47.7 Å². The number of aryl methyl sites for hydroxylation is 1. The van der Waals surface area contributed by atoms with Crippen molar-refractivity contribution in [1.82, 2.24) is 19.9 Å². The molecule has 152 valence electrons. The molecule has 0 atom stereocenters. The Kier molecular flexibility index (Phi) is 5.06. The van der Waals surface area contributed by atoms with Crippen molar-refractivity contribution in [3.63, 3.8) is 0 Å². The van der Waals surface area contributed by atoms with Crippen LogP contribution in [0.1, 0.15) is 11.1 Å². The molecule has 2 aromatic carbocycles. The molecule has 9 heteroatoms. The Labute approximate surface area is 181 Å². The average Bonchev–Trinajstić information content (AvgIpc) is 3.48. The van der Waals surface area contributed by atoms with E-state index in [1.54, 1.807) is 0 Å². The summed E-state index contributed by atoms with van der Waals surface area (Å²) in [5, 5.41) is 14.2. The number of amides is 1. The van der Waals surface area contributed by atoms with Crippen molar-refractivity contribution in [1.29, 1.82) is 0 Å². The number of thioether (sulfide) groups is 1. The number of nitrogens with one attached hydrogen (secondary N) is 1. The van der Waals surface area contributed by atoms with Crippen LogP contribution in [-0.4, -0.2) is 33.1 Å². The lowest BCUT2D eigenvalue weighted by Gasteiger charge is -2.06. The maximum absolute atomic E-state index is 12.4. The number of rotatable bonds is 6. The molecule has 3 heterocycles. The third-order valence-corrected chi connectivity index (χ3v) is 6.47. The summed E-state index contributed by atoms with van der Waals surface area (Å²) < 4.78 is 12.7. The standard InChI is InChI=1S/C21H18N4O3S2/c1-13-2-5-15(6-3-13)16-10-29-20-23-24-21(25(16)20)30-11-19(26)22-9-14-4-7-17-18(8-14)28-12-27-17/h2-8,10H,9,11-12H2,1H3,(H,22,26). The van der Waals surface area contributed by atoms with Gasteiger partial charge >= 0.3 is 0 Å². The quantitative estimate of drug-likeness (QED) is 0.460. The molecule has 1 N–H and O–H groups in total. The topological polar surface area (TPSA) is 77.8 Å². The maximum Gasteiger partial charge on any atom is 0.231 e. The van der Waals surface area contributed by atoms with Gasteiger partial charge in [-0.05, 0) is 30.2 Å². The number of carbonyl (C=O) groups is 1. The molecule has 1 aliphatic rings. The van der Waals surface area contributed by atoms with E-state index in [4.69, 9.17) is 9.47 Å². The maximum atomic E-state index is 12.4. The minimum atomic E-state index is -0.0680. The highest BCUT2D eigenvalue weighted by Gasteiger charge is 2.16. The van der Waals surface area contributed by atoms with Gasteiger partial charge in [-0.15, -0.1) is 21.5 Å². The van der Waals surface area contributed by atoms with Crippen LogP contribution in [0.5, 0.6) is 11.5 Å². The van der Waals surface area contributed by atoms with Gasteiger partial charge in [0.05, 0.1) is 11.4 Å². The zero-order valence-electron chi connectivity index (χ0n) is 16.1. The predicted molar refractivity (Wildman–Crippen MR) is 116 cm³/mol. The van der Waals surface area contributed by atoms with Gasteiger partial charge in [0.1, 0.15) is 0 Å². The normalized spacial score (nSPS) is 12.4. The van der Waals surface area contributed by atoms with Gasteiger partial charge in [0.2, 0.25) is 17.7 Å². The van der Waals surface area contributed by atoms with Crippen LogP contribution >= 0.6 is 23.1 Å². The fourth-order valence-corrected chi connectivity index (χ4v) is 4.82. The summed E-state index contributed by atoms with van der Waals surface area (Å²) in [7, 11) is 0. The number of benzene rings is 2. The summed E-state index contributed by atoms with van der Waals surface area (Å²) in [6.07, 6.45) is 0. The molecule has 0 saturated heterocycles.